The summed E-state index contributed by atoms with van der Waals surface area (Å²) in [6.07, 6.45) is 7.31. The zero-order valence-corrected chi connectivity index (χ0v) is 10.8. The van der Waals surface area contributed by atoms with E-state index >= 15 is 0 Å². The van der Waals surface area contributed by atoms with Crippen molar-refractivity contribution in [2.75, 3.05) is 7.11 Å². The van der Waals surface area contributed by atoms with Crippen molar-refractivity contribution >= 4 is 5.78 Å². The molecule has 2 rings (SSSR count). The first-order chi connectivity index (χ1) is 7.47. The molecule has 2 aliphatic rings. The minimum absolute atomic E-state index is 0.369. The molecule has 0 aromatic carbocycles. The second-order valence-corrected chi connectivity index (χ2v) is 6.43. The van der Waals surface area contributed by atoms with Gasteiger partial charge in [0.2, 0.25) is 0 Å². The zero-order valence-electron chi connectivity index (χ0n) is 10.8. The average Bonchev–Trinajstić information content (AvgIpc) is 3.02. The summed E-state index contributed by atoms with van der Waals surface area (Å²) < 4.78 is 5.61. The summed E-state index contributed by atoms with van der Waals surface area (Å²) in [5.41, 5.74) is -0.0417. The van der Waals surface area contributed by atoms with Gasteiger partial charge in [-0.3, -0.25) is 4.79 Å². The maximum atomic E-state index is 12.3. The Kier molecular flexibility index (Phi) is 3.13. The largest absolute Gasteiger partial charge is 0.370 e. The fraction of sp³-hybridized carbons (Fsp3) is 0.929. The van der Waals surface area contributed by atoms with E-state index in [0.29, 0.717) is 17.1 Å². The van der Waals surface area contributed by atoms with E-state index in [1.165, 1.54) is 12.8 Å². The standard InChI is InChI=1S/C14H24O2/c1-13(2)6-8-14(16-3,9-7-13)12(15)10-11-4-5-11/h11H,4-10H2,1-3H3. The van der Waals surface area contributed by atoms with Gasteiger partial charge in [-0.05, 0) is 49.9 Å². The molecule has 2 nitrogen and oxygen atoms in total. The lowest BCUT2D eigenvalue weighted by molar-refractivity contribution is -0.148. The lowest BCUT2D eigenvalue weighted by Gasteiger charge is -2.41. The van der Waals surface area contributed by atoms with Gasteiger partial charge < -0.3 is 4.74 Å². The number of carbonyl (C=O) groups is 1. The van der Waals surface area contributed by atoms with Crippen LogP contribution in [0.5, 0.6) is 0 Å². The highest BCUT2D eigenvalue weighted by molar-refractivity contribution is 5.87. The molecule has 16 heavy (non-hydrogen) atoms. The Balaban J connectivity index is 1.99. The molecular formula is C14H24O2. The van der Waals surface area contributed by atoms with Crippen LogP contribution in [0.2, 0.25) is 0 Å². The molecule has 0 aliphatic heterocycles. The van der Waals surface area contributed by atoms with Crippen LogP contribution in [0.25, 0.3) is 0 Å². The Labute approximate surface area is 98.7 Å². The van der Waals surface area contributed by atoms with E-state index in [9.17, 15) is 4.79 Å². The minimum Gasteiger partial charge on any atom is -0.370 e. The molecule has 0 radical (unpaired) electrons. The predicted molar refractivity (Wildman–Crippen MR) is 64.3 cm³/mol. The fourth-order valence-electron chi connectivity index (χ4n) is 2.70. The number of hydrogen-bond acceptors (Lipinski definition) is 2. The topological polar surface area (TPSA) is 26.3 Å². The summed E-state index contributed by atoms with van der Waals surface area (Å²) in [5.74, 6) is 1.04. The van der Waals surface area contributed by atoms with Crippen LogP contribution < -0.4 is 0 Å². The summed E-state index contributed by atoms with van der Waals surface area (Å²) in [6.45, 7) is 4.58. The van der Waals surface area contributed by atoms with Crippen molar-refractivity contribution in [2.45, 2.75) is 64.4 Å². The van der Waals surface area contributed by atoms with Gasteiger partial charge in [0.1, 0.15) is 5.60 Å². The van der Waals surface area contributed by atoms with Crippen LogP contribution in [0.1, 0.15) is 58.8 Å². The van der Waals surface area contributed by atoms with E-state index in [2.05, 4.69) is 13.8 Å². The van der Waals surface area contributed by atoms with Gasteiger partial charge in [-0.15, -0.1) is 0 Å². The van der Waals surface area contributed by atoms with Crippen LogP contribution in [0.3, 0.4) is 0 Å². The highest BCUT2D eigenvalue weighted by Gasteiger charge is 2.45. The third-order valence-corrected chi connectivity index (χ3v) is 4.48. The highest BCUT2D eigenvalue weighted by atomic mass is 16.5. The Morgan fingerprint density at radius 3 is 2.19 bits per heavy atom. The van der Waals surface area contributed by atoms with Crippen LogP contribution in [0, 0.1) is 11.3 Å². The van der Waals surface area contributed by atoms with E-state index < -0.39 is 5.60 Å². The van der Waals surface area contributed by atoms with E-state index in [4.69, 9.17) is 4.74 Å². The molecule has 2 aliphatic carbocycles. The van der Waals surface area contributed by atoms with Crippen LogP contribution >= 0.6 is 0 Å². The Bertz CT molecular complexity index is 266. The van der Waals surface area contributed by atoms with Crippen molar-refractivity contribution in [3.05, 3.63) is 0 Å². The predicted octanol–water partition coefficient (Wildman–Crippen LogP) is 3.34. The smallest absolute Gasteiger partial charge is 0.164 e. The molecule has 0 amide bonds. The lowest BCUT2D eigenvalue weighted by atomic mass is 9.69. The van der Waals surface area contributed by atoms with Gasteiger partial charge in [0.25, 0.3) is 0 Å². The van der Waals surface area contributed by atoms with Gasteiger partial charge in [-0.2, -0.15) is 0 Å². The molecule has 2 fully saturated rings. The Hall–Kier alpha value is -0.370. The van der Waals surface area contributed by atoms with Gasteiger partial charge in [-0.25, -0.2) is 0 Å². The van der Waals surface area contributed by atoms with Gasteiger partial charge in [0, 0.05) is 13.5 Å². The molecule has 0 N–H and O–H groups in total. The molecule has 92 valence electrons. The SMILES string of the molecule is COC1(C(=O)CC2CC2)CCC(C)(C)CC1. The number of hydrogen-bond donors (Lipinski definition) is 0. The van der Waals surface area contributed by atoms with Crippen molar-refractivity contribution in [1.82, 2.24) is 0 Å². The van der Waals surface area contributed by atoms with E-state index in [0.717, 1.165) is 32.1 Å². The molecule has 0 spiro atoms. The van der Waals surface area contributed by atoms with Crippen molar-refractivity contribution in [2.24, 2.45) is 11.3 Å². The Morgan fingerprint density at radius 1 is 1.19 bits per heavy atom. The van der Waals surface area contributed by atoms with Crippen LogP contribution in [0.4, 0.5) is 0 Å². The number of ether oxygens (including phenoxy) is 1. The first-order valence-corrected chi connectivity index (χ1v) is 6.56. The molecule has 0 bridgehead atoms. The summed E-state index contributed by atoms with van der Waals surface area (Å²) in [7, 11) is 1.71. The zero-order chi connectivity index (χ0) is 11.8. The van der Waals surface area contributed by atoms with Crippen molar-refractivity contribution in [3.63, 3.8) is 0 Å². The Morgan fingerprint density at radius 2 is 1.75 bits per heavy atom. The van der Waals surface area contributed by atoms with Gasteiger partial charge in [0.05, 0.1) is 0 Å². The van der Waals surface area contributed by atoms with Gasteiger partial charge in [0.15, 0.2) is 5.78 Å². The van der Waals surface area contributed by atoms with Gasteiger partial charge in [-0.1, -0.05) is 13.8 Å². The molecule has 0 heterocycles. The van der Waals surface area contributed by atoms with Crippen LogP contribution in [0.15, 0.2) is 0 Å². The highest BCUT2D eigenvalue weighted by Crippen LogP contribution is 2.44. The maximum Gasteiger partial charge on any atom is 0.164 e. The minimum atomic E-state index is -0.432. The number of carbonyl (C=O) groups excluding carboxylic acids is 1. The third kappa shape index (κ3) is 2.48. The van der Waals surface area contributed by atoms with Crippen molar-refractivity contribution < 1.29 is 9.53 Å². The molecule has 0 saturated heterocycles. The van der Waals surface area contributed by atoms with Gasteiger partial charge >= 0.3 is 0 Å². The monoisotopic (exact) mass is 224 g/mol. The number of methoxy groups -OCH3 is 1. The molecule has 0 atom stereocenters. The number of Topliss-reactive ketones (excluding diaryl/α,β-unsaturated/α-hetero) is 1. The first-order valence-electron chi connectivity index (χ1n) is 6.56. The van der Waals surface area contributed by atoms with Crippen molar-refractivity contribution in [3.8, 4) is 0 Å². The molecule has 2 saturated carbocycles. The number of ketones is 1. The first kappa shape index (κ1) is 12.1. The van der Waals surface area contributed by atoms with E-state index in [1.807, 2.05) is 0 Å². The summed E-state index contributed by atoms with van der Waals surface area (Å²) in [4.78, 5) is 12.3. The quantitative estimate of drug-likeness (QED) is 0.732. The van der Waals surface area contributed by atoms with E-state index in [-0.39, 0.29) is 0 Å². The molecule has 0 unspecified atom stereocenters. The van der Waals surface area contributed by atoms with Crippen molar-refractivity contribution in [1.29, 1.82) is 0 Å². The molecule has 0 aromatic heterocycles. The second kappa shape index (κ2) is 4.14. The summed E-state index contributed by atoms with van der Waals surface area (Å²) in [5, 5.41) is 0. The number of rotatable bonds is 4. The second-order valence-electron chi connectivity index (χ2n) is 6.43. The fourth-order valence-corrected chi connectivity index (χ4v) is 2.70. The normalized spacial score (nSPS) is 27.7. The molecule has 2 heteroatoms. The average molecular weight is 224 g/mol. The van der Waals surface area contributed by atoms with E-state index in [1.54, 1.807) is 7.11 Å². The maximum absolute atomic E-state index is 12.3. The van der Waals surface area contributed by atoms with Crippen LogP contribution in [-0.2, 0) is 9.53 Å². The third-order valence-electron chi connectivity index (χ3n) is 4.48. The molecule has 0 aromatic rings. The summed E-state index contributed by atoms with van der Waals surface area (Å²) >= 11 is 0. The lowest BCUT2D eigenvalue weighted by Crippen LogP contribution is -2.45. The summed E-state index contributed by atoms with van der Waals surface area (Å²) in [6, 6.07) is 0. The molecular weight excluding hydrogens is 200 g/mol. The van der Waals surface area contributed by atoms with Crippen LogP contribution in [-0.4, -0.2) is 18.5 Å².